The van der Waals surface area contributed by atoms with Gasteiger partial charge in [0.25, 0.3) is 0 Å². The monoisotopic (exact) mass is 213 g/mol. The van der Waals surface area contributed by atoms with E-state index < -0.39 is 0 Å². The molecule has 1 heterocycles. The first-order chi connectivity index (χ1) is 6.76. The molecule has 1 aromatic rings. The van der Waals surface area contributed by atoms with Gasteiger partial charge in [-0.1, -0.05) is 0 Å². The average Bonchev–Trinajstić information content (AvgIpc) is 2.18. The summed E-state index contributed by atoms with van der Waals surface area (Å²) in [4.78, 5) is 8.21. The van der Waals surface area contributed by atoms with E-state index in [4.69, 9.17) is 4.74 Å². The third-order valence-corrected chi connectivity index (χ3v) is 2.30. The molecule has 1 atom stereocenters. The number of methoxy groups -OCH3 is 1. The number of rotatable bonds is 5. The molecule has 78 valence electrons. The molecule has 0 bridgehead atoms. The molecule has 0 fully saturated rings. The van der Waals surface area contributed by atoms with Crippen LogP contribution in [0.15, 0.2) is 17.4 Å². The van der Waals surface area contributed by atoms with E-state index in [2.05, 4.69) is 15.3 Å². The Kier molecular flexibility index (Phi) is 4.69. The number of hydrogen-bond acceptors (Lipinski definition) is 5. The van der Waals surface area contributed by atoms with E-state index >= 15 is 0 Å². The maximum Gasteiger partial charge on any atom is 0.130 e. The van der Waals surface area contributed by atoms with Crippen LogP contribution in [0.3, 0.4) is 0 Å². The fourth-order valence-electron chi connectivity index (χ4n) is 1.07. The number of anilines is 1. The highest BCUT2D eigenvalue weighted by molar-refractivity contribution is 7.98. The highest BCUT2D eigenvalue weighted by Crippen LogP contribution is 2.14. The molecular weight excluding hydrogens is 198 g/mol. The SMILES string of the molecule is COCC(C)Nc1cc(SC)ncn1. The summed E-state index contributed by atoms with van der Waals surface area (Å²) in [6.07, 6.45) is 3.55. The second-order valence-corrected chi connectivity index (χ2v) is 3.77. The van der Waals surface area contributed by atoms with Gasteiger partial charge in [0.1, 0.15) is 17.2 Å². The Morgan fingerprint density at radius 2 is 2.36 bits per heavy atom. The fraction of sp³-hybridized carbons (Fsp3) is 0.556. The predicted molar refractivity (Wildman–Crippen MR) is 58.8 cm³/mol. The molecule has 14 heavy (non-hydrogen) atoms. The van der Waals surface area contributed by atoms with E-state index in [0.29, 0.717) is 6.61 Å². The van der Waals surface area contributed by atoms with Crippen molar-refractivity contribution in [1.29, 1.82) is 0 Å². The summed E-state index contributed by atoms with van der Waals surface area (Å²) in [5.41, 5.74) is 0. The van der Waals surface area contributed by atoms with Crippen molar-refractivity contribution in [1.82, 2.24) is 9.97 Å². The Morgan fingerprint density at radius 1 is 1.57 bits per heavy atom. The molecule has 4 nitrogen and oxygen atoms in total. The van der Waals surface area contributed by atoms with Crippen molar-refractivity contribution in [3.8, 4) is 0 Å². The largest absolute Gasteiger partial charge is 0.383 e. The maximum absolute atomic E-state index is 5.02. The number of thioether (sulfide) groups is 1. The molecule has 1 rings (SSSR count). The minimum atomic E-state index is 0.254. The normalized spacial score (nSPS) is 12.5. The first kappa shape index (κ1) is 11.3. The molecule has 0 aromatic carbocycles. The second kappa shape index (κ2) is 5.82. The van der Waals surface area contributed by atoms with Crippen LogP contribution in [0.5, 0.6) is 0 Å². The summed E-state index contributed by atoms with van der Waals surface area (Å²) in [6.45, 7) is 2.71. The van der Waals surface area contributed by atoms with E-state index in [1.165, 1.54) is 0 Å². The summed E-state index contributed by atoms with van der Waals surface area (Å²) in [5.74, 6) is 0.842. The van der Waals surface area contributed by atoms with Crippen molar-refractivity contribution in [3.05, 3.63) is 12.4 Å². The van der Waals surface area contributed by atoms with Crippen LogP contribution in [0.4, 0.5) is 5.82 Å². The summed E-state index contributed by atoms with van der Waals surface area (Å²) in [5, 5.41) is 4.19. The number of hydrogen-bond donors (Lipinski definition) is 1. The van der Waals surface area contributed by atoms with Crippen molar-refractivity contribution in [2.75, 3.05) is 25.3 Å². The van der Waals surface area contributed by atoms with Gasteiger partial charge in [-0.15, -0.1) is 11.8 Å². The molecule has 0 saturated carbocycles. The summed E-state index contributed by atoms with van der Waals surface area (Å²) < 4.78 is 5.02. The van der Waals surface area contributed by atoms with Crippen molar-refractivity contribution >= 4 is 17.6 Å². The molecule has 1 aromatic heterocycles. The summed E-state index contributed by atoms with van der Waals surface area (Å²) in [6, 6.07) is 2.18. The first-order valence-electron chi connectivity index (χ1n) is 4.37. The minimum Gasteiger partial charge on any atom is -0.383 e. The van der Waals surface area contributed by atoms with Crippen molar-refractivity contribution < 1.29 is 4.74 Å². The van der Waals surface area contributed by atoms with Gasteiger partial charge in [-0.25, -0.2) is 9.97 Å². The number of ether oxygens (including phenoxy) is 1. The van der Waals surface area contributed by atoms with Gasteiger partial charge in [0.2, 0.25) is 0 Å². The third kappa shape index (κ3) is 3.51. The molecule has 0 aliphatic rings. The zero-order valence-electron chi connectivity index (χ0n) is 8.65. The van der Waals surface area contributed by atoms with Gasteiger partial charge < -0.3 is 10.1 Å². The van der Waals surface area contributed by atoms with Crippen LogP contribution in [-0.4, -0.2) is 36.0 Å². The highest BCUT2D eigenvalue weighted by Gasteiger charge is 2.02. The van der Waals surface area contributed by atoms with Crippen molar-refractivity contribution in [2.24, 2.45) is 0 Å². The van der Waals surface area contributed by atoms with Crippen LogP contribution < -0.4 is 5.32 Å². The molecule has 0 spiro atoms. The maximum atomic E-state index is 5.02. The zero-order chi connectivity index (χ0) is 10.4. The second-order valence-electron chi connectivity index (χ2n) is 2.95. The van der Waals surface area contributed by atoms with Gasteiger partial charge in [-0.05, 0) is 13.2 Å². The standard InChI is InChI=1S/C9H15N3OS/c1-7(5-13-2)12-8-4-9(14-3)11-6-10-8/h4,6-7H,5H2,1-3H3,(H,10,11,12). The fourth-order valence-corrected chi connectivity index (χ4v) is 1.46. The third-order valence-electron chi connectivity index (χ3n) is 1.66. The molecule has 0 aliphatic heterocycles. The lowest BCUT2D eigenvalue weighted by atomic mass is 10.3. The first-order valence-corrected chi connectivity index (χ1v) is 5.60. The van der Waals surface area contributed by atoms with Gasteiger partial charge >= 0.3 is 0 Å². The molecule has 1 N–H and O–H groups in total. The Bertz CT molecular complexity index is 283. The van der Waals surface area contributed by atoms with Crippen LogP contribution in [0.1, 0.15) is 6.92 Å². The summed E-state index contributed by atoms with van der Waals surface area (Å²) in [7, 11) is 1.69. The summed E-state index contributed by atoms with van der Waals surface area (Å²) >= 11 is 1.60. The van der Waals surface area contributed by atoms with Gasteiger partial charge in [0.05, 0.1) is 6.61 Å². The van der Waals surface area contributed by atoms with E-state index in [-0.39, 0.29) is 6.04 Å². The van der Waals surface area contributed by atoms with Crippen LogP contribution >= 0.6 is 11.8 Å². The zero-order valence-corrected chi connectivity index (χ0v) is 9.47. The number of aromatic nitrogens is 2. The molecule has 0 amide bonds. The van der Waals surface area contributed by atoms with Gasteiger partial charge in [-0.3, -0.25) is 0 Å². The van der Waals surface area contributed by atoms with Crippen molar-refractivity contribution in [3.63, 3.8) is 0 Å². The lowest BCUT2D eigenvalue weighted by Crippen LogP contribution is -2.21. The van der Waals surface area contributed by atoms with E-state index in [1.54, 1.807) is 25.2 Å². The Labute approximate surface area is 88.5 Å². The quantitative estimate of drug-likeness (QED) is 0.595. The highest BCUT2D eigenvalue weighted by atomic mass is 32.2. The molecule has 0 aliphatic carbocycles. The van der Waals surface area contributed by atoms with Crippen LogP contribution in [0.25, 0.3) is 0 Å². The molecule has 0 saturated heterocycles. The average molecular weight is 213 g/mol. The molecular formula is C9H15N3OS. The topological polar surface area (TPSA) is 47.0 Å². The smallest absolute Gasteiger partial charge is 0.130 e. The predicted octanol–water partition coefficient (Wildman–Crippen LogP) is 1.65. The minimum absolute atomic E-state index is 0.254. The van der Waals surface area contributed by atoms with Crippen LogP contribution in [-0.2, 0) is 4.74 Å². The lowest BCUT2D eigenvalue weighted by molar-refractivity contribution is 0.190. The Balaban J connectivity index is 2.57. The van der Waals surface area contributed by atoms with Crippen LogP contribution in [0.2, 0.25) is 0 Å². The Hall–Kier alpha value is -0.810. The Morgan fingerprint density at radius 3 is 3.00 bits per heavy atom. The van der Waals surface area contributed by atoms with Crippen molar-refractivity contribution in [2.45, 2.75) is 18.0 Å². The molecule has 1 unspecified atom stereocenters. The van der Waals surface area contributed by atoms with Gasteiger partial charge in [0, 0.05) is 19.2 Å². The van der Waals surface area contributed by atoms with E-state index in [0.717, 1.165) is 10.8 Å². The van der Waals surface area contributed by atoms with Gasteiger partial charge in [-0.2, -0.15) is 0 Å². The number of nitrogens with zero attached hydrogens (tertiary/aromatic N) is 2. The molecule has 5 heteroatoms. The van der Waals surface area contributed by atoms with Gasteiger partial charge in [0.15, 0.2) is 0 Å². The van der Waals surface area contributed by atoms with E-state index in [1.807, 2.05) is 19.2 Å². The molecule has 0 radical (unpaired) electrons. The lowest BCUT2D eigenvalue weighted by Gasteiger charge is -2.13. The van der Waals surface area contributed by atoms with Crippen LogP contribution in [0, 0.1) is 0 Å². The number of nitrogens with one attached hydrogen (secondary N) is 1. The van der Waals surface area contributed by atoms with E-state index in [9.17, 15) is 0 Å².